The van der Waals surface area contributed by atoms with E-state index in [2.05, 4.69) is 41.8 Å². The van der Waals surface area contributed by atoms with Crippen molar-refractivity contribution in [3.05, 3.63) is 71.8 Å². The van der Waals surface area contributed by atoms with Gasteiger partial charge in [-0.3, -0.25) is 4.79 Å². The summed E-state index contributed by atoms with van der Waals surface area (Å²) in [6.45, 7) is 2.66. The lowest BCUT2D eigenvalue weighted by Gasteiger charge is -2.29. The zero-order valence-electron chi connectivity index (χ0n) is 14.9. The van der Waals surface area contributed by atoms with Gasteiger partial charge in [0.25, 0.3) is 0 Å². The molecule has 25 heavy (non-hydrogen) atoms. The molecule has 0 saturated heterocycles. The molecule has 0 radical (unpaired) electrons. The number of rotatable bonds is 6. The lowest BCUT2D eigenvalue weighted by molar-refractivity contribution is -0.121. The van der Waals surface area contributed by atoms with E-state index in [1.807, 2.05) is 36.4 Å². The summed E-state index contributed by atoms with van der Waals surface area (Å²) in [6.07, 6.45) is 5.01. The molecule has 2 aromatic rings. The highest BCUT2D eigenvalue weighted by Crippen LogP contribution is 2.24. The van der Waals surface area contributed by atoms with Crippen molar-refractivity contribution in [1.82, 2.24) is 10.6 Å². The zero-order valence-corrected chi connectivity index (χ0v) is 14.9. The summed E-state index contributed by atoms with van der Waals surface area (Å²) < 4.78 is 0. The third-order valence-electron chi connectivity index (χ3n) is 5.21. The molecule has 2 atom stereocenters. The van der Waals surface area contributed by atoms with E-state index in [1.165, 1.54) is 25.7 Å². The van der Waals surface area contributed by atoms with Crippen LogP contribution in [0.3, 0.4) is 0 Å². The van der Waals surface area contributed by atoms with Gasteiger partial charge in [-0.15, -0.1) is 0 Å². The molecule has 0 aromatic heterocycles. The van der Waals surface area contributed by atoms with Gasteiger partial charge in [-0.1, -0.05) is 80.4 Å². The zero-order chi connectivity index (χ0) is 17.5. The molecule has 1 aliphatic rings. The van der Waals surface area contributed by atoms with E-state index < -0.39 is 0 Å². The van der Waals surface area contributed by atoms with Crippen LogP contribution < -0.4 is 10.6 Å². The van der Waals surface area contributed by atoms with Crippen molar-refractivity contribution >= 4 is 5.91 Å². The lowest BCUT2D eigenvalue weighted by Crippen LogP contribution is -2.44. The fourth-order valence-corrected chi connectivity index (χ4v) is 3.71. The van der Waals surface area contributed by atoms with Crippen molar-refractivity contribution < 1.29 is 4.79 Å². The Hall–Kier alpha value is -2.13. The number of carbonyl (C=O) groups excluding carboxylic acids is 1. The number of amides is 1. The van der Waals surface area contributed by atoms with Crippen LogP contribution in [0.5, 0.6) is 0 Å². The molecule has 2 N–H and O–H groups in total. The minimum absolute atomic E-state index is 0.0514. The predicted molar refractivity (Wildman–Crippen MR) is 102 cm³/mol. The SMILES string of the molecule is CC1CCCCC1NCC(=O)NC(c1ccccc1)c1ccccc1. The number of hydrogen-bond acceptors (Lipinski definition) is 2. The first-order chi connectivity index (χ1) is 12.2. The monoisotopic (exact) mass is 336 g/mol. The number of benzene rings is 2. The van der Waals surface area contributed by atoms with Crippen LogP contribution in [-0.2, 0) is 4.79 Å². The van der Waals surface area contributed by atoms with Gasteiger partial charge in [-0.25, -0.2) is 0 Å². The van der Waals surface area contributed by atoms with Crippen molar-refractivity contribution in [2.45, 2.75) is 44.7 Å². The van der Waals surface area contributed by atoms with Gasteiger partial charge in [0.15, 0.2) is 0 Å². The van der Waals surface area contributed by atoms with Crippen LogP contribution in [0.2, 0.25) is 0 Å². The molecule has 0 heterocycles. The van der Waals surface area contributed by atoms with E-state index in [1.54, 1.807) is 0 Å². The Bertz CT molecular complexity index is 617. The van der Waals surface area contributed by atoms with Crippen molar-refractivity contribution in [1.29, 1.82) is 0 Å². The van der Waals surface area contributed by atoms with E-state index in [0.717, 1.165) is 11.1 Å². The summed E-state index contributed by atoms with van der Waals surface area (Å²) in [7, 11) is 0. The summed E-state index contributed by atoms with van der Waals surface area (Å²) >= 11 is 0. The molecule has 132 valence electrons. The molecule has 1 saturated carbocycles. The summed E-state index contributed by atoms with van der Waals surface area (Å²) in [4.78, 5) is 12.6. The summed E-state index contributed by atoms with van der Waals surface area (Å²) in [5.41, 5.74) is 2.21. The number of hydrogen-bond donors (Lipinski definition) is 2. The van der Waals surface area contributed by atoms with Crippen molar-refractivity contribution in [2.24, 2.45) is 5.92 Å². The smallest absolute Gasteiger partial charge is 0.234 e. The molecular formula is C22H28N2O. The van der Waals surface area contributed by atoms with Crippen LogP contribution >= 0.6 is 0 Å². The van der Waals surface area contributed by atoms with E-state index >= 15 is 0 Å². The average molecular weight is 336 g/mol. The van der Waals surface area contributed by atoms with Crippen LogP contribution in [0.25, 0.3) is 0 Å². The maximum Gasteiger partial charge on any atom is 0.234 e. The Morgan fingerprint density at radius 1 is 0.960 bits per heavy atom. The molecule has 0 aliphatic heterocycles. The molecular weight excluding hydrogens is 308 g/mol. The maximum atomic E-state index is 12.6. The minimum atomic E-state index is -0.111. The van der Waals surface area contributed by atoms with Gasteiger partial charge >= 0.3 is 0 Å². The van der Waals surface area contributed by atoms with Gasteiger partial charge in [-0.05, 0) is 29.9 Å². The maximum absolute atomic E-state index is 12.6. The quantitative estimate of drug-likeness (QED) is 0.835. The molecule has 1 fully saturated rings. The summed E-state index contributed by atoms with van der Waals surface area (Å²) in [5, 5.41) is 6.67. The van der Waals surface area contributed by atoms with Crippen molar-refractivity contribution in [3.63, 3.8) is 0 Å². The Morgan fingerprint density at radius 3 is 2.08 bits per heavy atom. The first kappa shape index (κ1) is 17.7. The van der Waals surface area contributed by atoms with Crippen molar-refractivity contribution in [3.8, 4) is 0 Å². The van der Waals surface area contributed by atoms with Crippen LogP contribution in [0, 0.1) is 5.92 Å². The Balaban J connectivity index is 1.65. The van der Waals surface area contributed by atoms with E-state index in [0.29, 0.717) is 18.5 Å². The average Bonchev–Trinajstić information content (AvgIpc) is 2.67. The van der Waals surface area contributed by atoms with Gasteiger partial charge in [0.05, 0.1) is 12.6 Å². The highest BCUT2D eigenvalue weighted by molar-refractivity contribution is 5.79. The fourth-order valence-electron chi connectivity index (χ4n) is 3.71. The van der Waals surface area contributed by atoms with Gasteiger partial charge in [0, 0.05) is 6.04 Å². The molecule has 3 rings (SSSR count). The van der Waals surface area contributed by atoms with E-state index in [9.17, 15) is 4.79 Å². The molecule has 1 amide bonds. The van der Waals surface area contributed by atoms with Crippen LogP contribution in [0.15, 0.2) is 60.7 Å². The molecule has 0 bridgehead atoms. The molecule has 3 heteroatoms. The van der Waals surface area contributed by atoms with Crippen LogP contribution in [0.4, 0.5) is 0 Å². The summed E-state index contributed by atoms with van der Waals surface area (Å²) in [6, 6.07) is 20.7. The molecule has 2 aromatic carbocycles. The second-order valence-electron chi connectivity index (χ2n) is 7.07. The minimum Gasteiger partial charge on any atom is -0.344 e. The molecule has 0 spiro atoms. The first-order valence-electron chi connectivity index (χ1n) is 9.36. The molecule has 3 nitrogen and oxygen atoms in total. The standard InChI is InChI=1S/C22H28N2O/c1-17-10-8-9-15-20(17)23-16-21(25)24-22(18-11-4-2-5-12-18)19-13-6-3-7-14-19/h2-7,11-14,17,20,22-23H,8-10,15-16H2,1H3,(H,24,25). The second-order valence-corrected chi connectivity index (χ2v) is 7.07. The van der Waals surface area contributed by atoms with Gasteiger partial charge in [0.2, 0.25) is 5.91 Å². The van der Waals surface area contributed by atoms with Gasteiger partial charge in [-0.2, -0.15) is 0 Å². The van der Waals surface area contributed by atoms with Gasteiger partial charge in [0.1, 0.15) is 0 Å². The van der Waals surface area contributed by atoms with E-state index in [4.69, 9.17) is 0 Å². The first-order valence-corrected chi connectivity index (χ1v) is 9.36. The molecule has 2 unspecified atom stereocenters. The normalized spacial score (nSPS) is 20.4. The summed E-state index contributed by atoms with van der Waals surface area (Å²) in [5.74, 6) is 0.705. The molecule has 1 aliphatic carbocycles. The third-order valence-corrected chi connectivity index (χ3v) is 5.21. The Morgan fingerprint density at radius 2 is 1.52 bits per heavy atom. The van der Waals surface area contributed by atoms with Crippen LogP contribution in [0.1, 0.15) is 49.8 Å². The largest absolute Gasteiger partial charge is 0.344 e. The Kier molecular flexibility index (Phi) is 6.24. The second kappa shape index (κ2) is 8.82. The van der Waals surface area contributed by atoms with Crippen LogP contribution in [-0.4, -0.2) is 18.5 Å². The highest BCUT2D eigenvalue weighted by Gasteiger charge is 2.22. The fraction of sp³-hybridized carbons (Fsp3) is 0.409. The topological polar surface area (TPSA) is 41.1 Å². The number of carbonyl (C=O) groups is 1. The lowest BCUT2D eigenvalue weighted by atomic mass is 9.86. The Labute approximate surface area is 150 Å². The van der Waals surface area contributed by atoms with Gasteiger partial charge < -0.3 is 10.6 Å². The highest BCUT2D eigenvalue weighted by atomic mass is 16.2. The number of nitrogens with one attached hydrogen (secondary N) is 2. The van der Waals surface area contributed by atoms with E-state index in [-0.39, 0.29) is 11.9 Å². The van der Waals surface area contributed by atoms with Crippen molar-refractivity contribution in [2.75, 3.05) is 6.54 Å². The predicted octanol–water partition coefficient (Wildman–Crippen LogP) is 4.06. The third kappa shape index (κ3) is 4.93.